The van der Waals surface area contributed by atoms with E-state index in [9.17, 15) is 4.39 Å². The van der Waals surface area contributed by atoms with Gasteiger partial charge in [0.2, 0.25) is 0 Å². The second kappa shape index (κ2) is 8.21. The predicted molar refractivity (Wildman–Crippen MR) is 88.0 cm³/mol. The summed E-state index contributed by atoms with van der Waals surface area (Å²) in [7, 11) is 0. The lowest BCUT2D eigenvalue weighted by molar-refractivity contribution is 0.269. The maximum absolute atomic E-state index is 13.2. The highest BCUT2D eigenvalue weighted by Gasteiger charge is 2.12. The minimum absolute atomic E-state index is 0.172. The topological polar surface area (TPSA) is 42.2 Å². The number of halogens is 2. The molecule has 0 amide bonds. The minimum Gasteiger partial charge on any atom is -0.490 e. The van der Waals surface area contributed by atoms with Crippen molar-refractivity contribution in [2.75, 3.05) is 6.61 Å². The molecule has 0 aromatic heterocycles. The number of rotatable bonds is 6. The molecule has 0 bridgehead atoms. The molecule has 118 valence electrons. The number of nitriles is 1. The Balaban J connectivity index is 2.26. The second-order valence-electron chi connectivity index (χ2n) is 4.64. The average Bonchev–Trinajstić information content (AvgIpc) is 2.52. The summed E-state index contributed by atoms with van der Waals surface area (Å²) in [6.07, 6.45) is 2.99. The summed E-state index contributed by atoms with van der Waals surface area (Å²) in [6, 6.07) is 11.5. The van der Waals surface area contributed by atoms with E-state index < -0.39 is 0 Å². The van der Waals surface area contributed by atoms with Gasteiger partial charge in [-0.1, -0.05) is 23.7 Å². The Morgan fingerprint density at radius 3 is 2.78 bits per heavy atom. The van der Waals surface area contributed by atoms with Crippen LogP contribution in [0.25, 0.3) is 6.08 Å². The van der Waals surface area contributed by atoms with Crippen molar-refractivity contribution < 1.29 is 13.9 Å². The Hall–Kier alpha value is -2.51. The molecule has 0 saturated heterocycles. The Morgan fingerprint density at radius 1 is 1.26 bits per heavy atom. The molecule has 0 aliphatic rings. The summed E-state index contributed by atoms with van der Waals surface area (Å²) in [5.74, 6) is 0.556. The lowest BCUT2D eigenvalue weighted by Gasteiger charge is -2.14. The fourth-order valence-corrected chi connectivity index (χ4v) is 2.28. The molecule has 0 atom stereocenters. The largest absolute Gasteiger partial charge is 0.490 e. The van der Waals surface area contributed by atoms with Crippen LogP contribution in [-0.2, 0) is 6.61 Å². The van der Waals surface area contributed by atoms with Gasteiger partial charge in [-0.05, 0) is 48.4 Å². The van der Waals surface area contributed by atoms with Crippen LogP contribution in [0.5, 0.6) is 11.5 Å². The molecule has 23 heavy (non-hydrogen) atoms. The first-order valence-electron chi connectivity index (χ1n) is 7.03. The van der Waals surface area contributed by atoms with Gasteiger partial charge >= 0.3 is 0 Å². The Kier molecular flexibility index (Phi) is 6.02. The monoisotopic (exact) mass is 331 g/mol. The van der Waals surface area contributed by atoms with Crippen LogP contribution in [0.1, 0.15) is 18.1 Å². The number of hydrogen-bond acceptors (Lipinski definition) is 3. The first-order chi connectivity index (χ1) is 11.1. The third-order valence-electron chi connectivity index (χ3n) is 2.95. The predicted octanol–water partition coefficient (Wildman–Crippen LogP) is 4.99. The lowest BCUT2D eigenvalue weighted by atomic mass is 10.2. The zero-order chi connectivity index (χ0) is 16.7. The van der Waals surface area contributed by atoms with Gasteiger partial charge in [-0.25, -0.2) is 4.39 Å². The quantitative estimate of drug-likeness (QED) is 0.700. The average molecular weight is 332 g/mol. The lowest BCUT2D eigenvalue weighted by Crippen LogP contribution is -2.01. The fourth-order valence-electron chi connectivity index (χ4n) is 2.00. The number of allylic oxidation sites excluding steroid dienone is 1. The van der Waals surface area contributed by atoms with Crippen molar-refractivity contribution in [3.8, 4) is 17.6 Å². The maximum atomic E-state index is 13.2. The van der Waals surface area contributed by atoms with E-state index in [1.165, 1.54) is 18.2 Å². The number of benzene rings is 2. The molecule has 2 aromatic carbocycles. The standard InChI is InChI=1S/C18H15ClFNO2/c1-2-22-17-11-13(6-4-8-21)10-16(19)18(17)23-12-14-5-3-7-15(20)9-14/h3-7,9-11H,2,12H2,1H3. The molecule has 0 spiro atoms. The number of nitrogens with zero attached hydrogens (tertiary/aromatic N) is 1. The van der Waals surface area contributed by atoms with Gasteiger partial charge in [0.25, 0.3) is 0 Å². The van der Waals surface area contributed by atoms with Gasteiger partial charge in [0.05, 0.1) is 17.7 Å². The van der Waals surface area contributed by atoms with Gasteiger partial charge in [0.15, 0.2) is 11.5 Å². The van der Waals surface area contributed by atoms with Gasteiger partial charge in [0.1, 0.15) is 12.4 Å². The molecule has 0 aliphatic carbocycles. The Labute approximate surface area is 139 Å². The summed E-state index contributed by atoms with van der Waals surface area (Å²) >= 11 is 6.25. The van der Waals surface area contributed by atoms with Crippen LogP contribution in [-0.4, -0.2) is 6.61 Å². The molecule has 0 saturated carbocycles. The Morgan fingerprint density at radius 2 is 2.09 bits per heavy atom. The van der Waals surface area contributed by atoms with Gasteiger partial charge < -0.3 is 9.47 Å². The zero-order valence-corrected chi connectivity index (χ0v) is 13.3. The molecule has 0 unspecified atom stereocenters. The number of ether oxygens (including phenoxy) is 2. The molecule has 5 heteroatoms. The van der Waals surface area contributed by atoms with Crippen LogP contribution in [0.3, 0.4) is 0 Å². The molecule has 2 aromatic rings. The van der Waals surface area contributed by atoms with Crippen LogP contribution in [0, 0.1) is 17.1 Å². The summed E-state index contributed by atoms with van der Waals surface area (Å²) in [4.78, 5) is 0. The van der Waals surface area contributed by atoms with E-state index in [1.807, 2.05) is 13.0 Å². The minimum atomic E-state index is -0.320. The molecule has 0 aliphatic heterocycles. The van der Waals surface area contributed by atoms with E-state index in [-0.39, 0.29) is 12.4 Å². The van der Waals surface area contributed by atoms with Crippen LogP contribution in [0.2, 0.25) is 5.02 Å². The summed E-state index contributed by atoms with van der Waals surface area (Å²) in [5.41, 5.74) is 1.43. The smallest absolute Gasteiger partial charge is 0.180 e. The van der Waals surface area contributed by atoms with Crippen molar-refractivity contribution in [3.05, 3.63) is 64.4 Å². The van der Waals surface area contributed by atoms with E-state index in [0.29, 0.717) is 28.7 Å². The maximum Gasteiger partial charge on any atom is 0.180 e. The normalized spacial score (nSPS) is 10.5. The summed E-state index contributed by atoms with van der Waals surface area (Å²) in [6.45, 7) is 2.46. The third-order valence-corrected chi connectivity index (χ3v) is 3.23. The van der Waals surface area contributed by atoms with Crippen molar-refractivity contribution >= 4 is 17.7 Å². The van der Waals surface area contributed by atoms with E-state index in [2.05, 4.69) is 0 Å². The first-order valence-corrected chi connectivity index (χ1v) is 7.41. The van der Waals surface area contributed by atoms with E-state index >= 15 is 0 Å². The highest BCUT2D eigenvalue weighted by molar-refractivity contribution is 6.32. The van der Waals surface area contributed by atoms with Gasteiger partial charge in [-0.3, -0.25) is 0 Å². The molecule has 2 rings (SSSR count). The molecule has 0 N–H and O–H groups in total. The summed E-state index contributed by atoms with van der Waals surface area (Å²) < 4.78 is 24.5. The third kappa shape index (κ3) is 4.73. The van der Waals surface area contributed by atoms with Crippen LogP contribution in [0.4, 0.5) is 4.39 Å². The van der Waals surface area contributed by atoms with E-state index in [0.717, 1.165) is 5.56 Å². The van der Waals surface area contributed by atoms with E-state index in [1.54, 1.807) is 30.3 Å². The molecule has 0 fully saturated rings. The van der Waals surface area contributed by atoms with Crippen molar-refractivity contribution in [1.29, 1.82) is 5.26 Å². The SMILES string of the molecule is CCOc1cc(C=CC#N)cc(Cl)c1OCc1cccc(F)c1. The van der Waals surface area contributed by atoms with Gasteiger partial charge in [0, 0.05) is 6.08 Å². The first kappa shape index (κ1) is 16.9. The van der Waals surface area contributed by atoms with Crippen LogP contribution < -0.4 is 9.47 Å². The summed E-state index contributed by atoms with van der Waals surface area (Å²) in [5, 5.41) is 8.97. The van der Waals surface area contributed by atoms with Crippen molar-refractivity contribution in [2.45, 2.75) is 13.5 Å². The molecular weight excluding hydrogens is 317 g/mol. The highest BCUT2D eigenvalue weighted by Crippen LogP contribution is 2.37. The molecule has 0 heterocycles. The molecule has 0 radical (unpaired) electrons. The van der Waals surface area contributed by atoms with Crippen molar-refractivity contribution in [1.82, 2.24) is 0 Å². The number of hydrogen-bond donors (Lipinski definition) is 0. The molecular formula is C18H15ClFNO2. The zero-order valence-electron chi connectivity index (χ0n) is 12.6. The van der Waals surface area contributed by atoms with Gasteiger partial charge in [-0.15, -0.1) is 0 Å². The van der Waals surface area contributed by atoms with Gasteiger partial charge in [-0.2, -0.15) is 5.26 Å². The van der Waals surface area contributed by atoms with Crippen molar-refractivity contribution in [3.63, 3.8) is 0 Å². The van der Waals surface area contributed by atoms with Crippen LogP contribution in [0.15, 0.2) is 42.5 Å². The second-order valence-corrected chi connectivity index (χ2v) is 5.05. The van der Waals surface area contributed by atoms with Crippen molar-refractivity contribution in [2.24, 2.45) is 0 Å². The fraction of sp³-hybridized carbons (Fsp3) is 0.167. The molecule has 3 nitrogen and oxygen atoms in total. The Bertz CT molecular complexity index is 753. The van der Waals surface area contributed by atoms with Crippen LogP contribution >= 0.6 is 11.6 Å². The highest BCUT2D eigenvalue weighted by atomic mass is 35.5. The van der Waals surface area contributed by atoms with E-state index in [4.69, 9.17) is 26.3 Å².